The third kappa shape index (κ3) is 2.03. The fourth-order valence-corrected chi connectivity index (χ4v) is 0.734. The Morgan fingerprint density at radius 2 is 1.00 bits per heavy atom. The average Bonchev–Trinajstić information content (AvgIpc) is 2.15. The zero-order chi connectivity index (χ0) is 15.2. The van der Waals surface area contributed by atoms with Crippen molar-refractivity contribution in [3.8, 4) is 0 Å². The van der Waals surface area contributed by atoms with Gasteiger partial charge in [-0.2, -0.15) is 43.9 Å². The maximum Gasteiger partial charge on any atom is 0.386 e. The van der Waals surface area contributed by atoms with Gasteiger partial charge in [0, 0.05) is 6.92 Å². The van der Waals surface area contributed by atoms with Gasteiger partial charge >= 0.3 is 29.6 Å². The van der Waals surface area contributed by atoms with Gasteiger partial charge in [0.2, 0.25) is 0 Å². The molecule has 0 aliphatic rings. The molecule has 0 aromatic rings. The van der Waals surface area contributed by atoms with Gasteiger partial charge in [0.1, 0.15) is 0 Å². The van der Waals surface area contributed by atoms with Crippen LogP contribution in [0.15, 0.2) is 0 Å². The Bertz CT molecular complexity index is 328. The Kier molecular flexibility index (Phi) is 3.76. The Morgan fingerprint density at radius 3 is 1.22 bits per heavy atom. The molecule has 0 rings (SSSR count). The van der Waals surface area contributed by atoms with E-state index in [1.54, 1.807) is 0 Å². The molecule has 1 radical (unpaired) electrons. The smallest absolute Gasteiger partial charge is 0.283 e. The number of carbonyl (C=O) groups excluding carboxylic acids is 1. The summed E-state index contributed by atoms with van der Waals surface area (Å²) < 4.78 is 123. The fraction of sp³-hybridized carbons (Fsp3) is 0.857. The largest absolute Gasteiger partial charge is 0.386 e. The predicted octanol–water partition coefficient (Wildman–Crippen LogP) is 3.29. The molecule has 0 atom stereocenters. The highest BCUT2D eigenvalue weighted by Gasteiger charge is 2.85. The van der Waals surface area contributed by atoms with Crippen LogP contribution < -0.4 is 0 Å². The van der Waals surface area contributed by atoms with Gasteiger partial charge in [0.15, 0.2) is 0 Å². The van der Waals surface area contributed by atoms with Crippen LogP contribution in [0.2, 0.25) is 0 Å². The van der Waals surface area contributed by atoms with Crippen molar-refractivity contribution in [2.75, 3.05) is 0 Å². The van der Waals surface area contributed by atoms with Crippen LogP contribution in [0, 0.1) is 0 Å². The second-order valence-corrected chi connectivity index (χ2v) is 3.29. The van der Waals surface area contributed by atoms with Gasteiger partial charge in [-0.05, 0) is 0 Å². The molecule has 0 aromatic heterocycles. The minimum Gasteiger partial charge on any atom is -0.283 e. The fourth-order valence-electron chi connectivity index (χ4n) is 0.734. The first-order valence-corrected chi connectivity index (χ1v) is 3.84. The SMILES string of the molecule is CC(F)(F)C(F)(F)C(F)(F)C(F)(F)C(F)(F)[C]=O. The molecule has 0 saturated heterocycles. The van der Waals surface area contributed by atoms with Crippen molar-refractivity contribution in [2.45, 2.75) is 36.5 Å². The minimum atomic E-state index is -7.17. The first-order valence-electron chi connectivity index (χ1n) is 3.84. The molecule has 0 heterocycles. The van der Waals surface area contributed by atoms with Gasteiger partial charge < -0.3 is 0 Å². The van der Waals surface area contributed by atoms with Gasteiger partial charge in [-0.3, -0.25) is 4.79 Å². The highest BCUT2D eigenvalue weighted by atomic mass is 19.4. The summed E-state index contributed by atoms with van der Waals surface area (Å²) in [6.07, 6.45) is -0.880. The first kappa shape index (κ1) is 17.0. The number of hydrogen-bond donors (Lipinski definition) is 0. The van der Waals surface area contributed by atoms with Crippen molar-refractivity contribution in [3.63, 3.8) is 0 Å². The van der Waals surface area contributed by atoms with Crippen LogP contribution >= 0.6 is 0 Å². The lowest BCUT2D eigenvalue weighted by Crippen LogP contribution is -2.67. The Labute approximate surface area is 92.7 Å². The second-order valence-electron chi connectivity index (χ2n) is 3.29. The average molecular weight is 293 g/mol. The van der Waals surface area contributed by atoms with E-state index in [0.29, 0.717) is 0 Å². The number of rotatable bonds is 5. The van der Waals surface area contributed by atoms with Crippen LogP contribution in [-0.4, -0.2) is 35.9 Å². The third-order valence-corrected chi connectivity index (χ3v) is 1.86. The lowest BCUT2D eigenvalue weighted by Gasteiger charge is -2.36. The standard InChI is InChI=1S/C7H3F10O/c1-3(8,9)5(12,13)7(16,17)6(14,15)4(10,11)2-18/h1H3. The van der Waals surface area contributed by atoms with Crippen molar-refractivity contribution < 1.29 is 48.7 Å². The molecule has 1 nitrogen and oxygen atoms in total. The molecule has 11 heteroatoms. The maximum absolute atomic E-state index is 12.5. The second kappa shape index (κ2) is 3.98. The molecule has 0 fully saturated rings. The van der Waals surface area contributed by atoms with E-state index >= 15 is 0 Å². The molecular weight excluding hydrogens is 290 g/mol. The van der Waals surface area contributed by atoms with Gasteiger partial charge in [0.25, 0.3) is 6.29 Å². The van der Waals surface area contributed by atoms with Crippen molar-refractivity contribution in [1.29, 1.82) is 0 Å². The summed E-state index contributed by atoms with van der Waals surface area (Å²) in [4.78, 5) is 9.38. The molecule has 0 aromatic carbocycles. The molecule has 0 unspecified atom stereocenters. The predicted molar refractivity (Wildman–Crippen MR) is 36.1 cm³/mol. The quantitative estimate of drug-likeness (QED) is 0.711. The summed E-state index contributed by atoms with van der Waals surface area (Å²) in [6.45, 7) is -0.861. The molecule has 107 valence electrons. The molecule has 0 saturated carbocycles. The summed E-state index contributed by atoms with van der Waals surface area (Å²) >= 11 is 0. The van der Waals surface area contributed by atoms with E-state index < -0.39 is 42.8 Å². The zero-order valence-electron chi connectivity index (χ0n) is 8.19. The number of hydrogen-bond acceptors (Lipinski definition) is 1. The van der Waals surface area contributed by atoms with E-state index in [0.717, 1.165) is 0 Å². The van der Waals surface area contributed by atoms with Crippen LogP contribution in [0.5, 0.6) is 0 Å². The molecular formula is C7H3F10O. The topological polar surface area (TPSA) is 17.1 Å². The monoisotopic (exact) mass is 293 g/mol. The Morgan fingerprint density at radius 1 is 0.667 bits per heavy atom. The summed E-state index contributed by atoms with van der Waals surface area (Å²) in [6, 6.07) is 0. The van der Waals surface area contributed by atoms with E-state index in [1.807, 2.05) is 0 Å². The van der Waals surface area contributed by atoms with Gasteiger partial charge in [-0.1, -0.05) is 0 Å². The lowest BCUT2D eigenvalue weighted by molar-refractivity contribution is -0.388. The molecule has 18 heavy (non-hydrogen) atoms. The Hall–Kier alpha value is -1.03. The zero-order valence-corrected chi connectivity index (χ0v) is 8.19. The molecule has 0 amide bonds. The normalized spacial score (nSPS) is 15.7. The Balaban J connectivity index is 5.87. The van der Waals surface area contributed by atoms with Crippen LogP contribution in [0.4, 0.5) is 43.9 Å². The van der Waals surface area contributed by atoms with Gasteiger partial charge in [-0.25, -0.2) is 0 Å². The van der Waals surface area contributed by atoms with Gasteiger partial charge in [0.05, 0.1) is 0 Å². The summed E-state index contributed by atoms with van der Waals surface area (Å²) in [5.74, 6) is -33.1. The van der Waals surface area contributed by atoms with Crippen LogP contribution in [0.1, 0.15) is 6.92 Å². The third-order valence-electron chi connectivity index (χ3n) is 1.86. The van der Waals surface area contributed by atoms with E-state index in [2.05, 4.69) is 0 Å². The van der Waals surface area contributed by atoms with Crippen molar-refractivity contribution >= 4 is 6.29 Å². The van der Waals surface area contributed by atoms with Crippen molar-refractivity contribution in [3.05, 3.63) is 0 Å². The summed E-state index contributed by atoms with van der Waals surface area (Å²) in [5.41, 5.74) is 0. The van der Waals surface area contributed by atoms with Crippen molar-refractivity contribution in [2.24, 2.45) is 0 Å². The minimum absolute atomic E-state index is 0.861. The van der Waals surface area contributed by atoms with Crippen LogP contribution in [-0.2, 0) is 4.79 Å². The molecule has 0 aliphatic carbocycles. The van der Waals surface area contributed by atoms with Crippen LogP contribution in [0.25, 0.3) is 0 Å². The first-order chi connectivity index (χ1) is 7.56. The van der Waals surface area contributed by atoms with E-state index in [-0.39, 0.29) is 0 Å². The van der Waals surface area contributed by atoms with Crippen molar-refractivity contribution in [1.82, 2.24) is 0 Å². The molecule has 0 spiro atoms. The van der Waals surface area contributed by atoms with Crippen LogP contribution in [0.3, 0.4) is 0 Å². The van der Waals surface area contributed by atoms with E-state index in [9.17, 15) is 48.7 Å². The van der Waals surface area contributed by atoms with E-state index in [1.165, 1.54) is 0 Å². The molecule has 0 N–H and O–H groups in total. The maximum atomic E-state index is 12.5. The molecule has 0 bridgehead atoms. The van der Waals surface area contributed by atoms with E-state index in [4.69, 9.17) is 0 Å². The van der Waals surface area contributed by atoms with Gasteiger partial charge in [-0.15, -0.1) is 0 Å². The number of alkyl halides is 10. The molecule has 0 aliphatic heterocycles. The number of halogens is 10. The highest BCUT2D eigenvalue weighted by molar-refractivity contribution is 5.63. The lowest BCUT2D eigenvalue weighted by atomic mass is 9.96. The highest BCUT2D eigenvalue weighted by Crippen LogP contribution is 2.56. The summed E-state index contributed by atoms with van der Waals surface area (Å²) in [5, 5.41) is 0. The summed E-state index contributed by atoms with van der Waals surface area (Å²) in [7, 11) is 0.